The molecule has 0 N–H and O–H groups in total. The Morgan fingerprint density at radius 3 is 2.46 bits per heavy atom. The van der Waals surface area contributed by atoms with Crippen molar-refractivity contribution in [3.8, 4) is 17.0 Å². The molecule has 0 radical (unpaired) electrons. The van der Waals surface area contributed by atoms with Gasteiger partial charge in [0.2, 0.25) is 5.95 Å². The normalized spacial score (nSPS) is 16.3. The van der Waals surface area contributed by atoms with Crippen molar-refractivity contribution in [3.63, 3.8) is 0 Å². The minimum atomic E-state index is -0.175. The molecule has 2 aromatic carbocycles. The molecule has 2 aliphatic rings. The summed E-state index contributed by atoms with van der Waals surface area (Å²) in [5.74, 6) is 2.21. The van der Waals surface area contributed by atoms with Gasteiger partial charge in [-0.05, 0) is 49.4 Å². The van der Waals surface area contributed by atoms with Crippen LogP contribution in [0, 0.1) is 5.92 Å². The van der Waals surface area contributed by atoms with E-state index in [1.165, 1.54) is 12.8 Å². The molecule has 0 spiro atoms. The first kappa shape index (κ1) is 23.6. The Labute approximate surface area is 216 Å². The zero-order chi connectivity index (χ0) is 25.0. The summed E-state index contributed by atoms with van der Waals surface area (Å²) in [6, 6.07) is 17.8. The molecule has 1 aliphatic heterocycles. The largest absolute Gasteiger partial charge is 0.494 e. The van der Waals surface area contributed by atoms with E-state index < -0.39 is 0 Å². The van der Waals surface area contributed by atoms with Crippen molar-refractivity contribution in [1.82, 2.24) is 24.4 Å². The molecular formula is C29H32N6O2. The number of ether oxygens (including phenoxy) is 1. The van der Waals surface area contributed by atoms with Crippen molar-refractivity contribution in [3.05, 3.63) is 77.5 Å². The smallest absolute Gasteiger partial charge is 0.348 e. The molecule has 1 aliphatic carbocycles. The average Bonchev–Trinajstić information content (AvgIpc) is 3.78. The number of nitrogens with zero attached hydrogens (tertiary/aromatic N) is 6. The van der Waals surface area contributed by atoms with Crippen LogP contribution in [0.25, 0.3) is 22.2 Å². The fourth-order valence-corrected chi connectivity index (χ4v) is 5.00. The molecule has 2 aromatic heterocycles. The molecule has 1 saturated carbocycles. The van der Waals surface area contributed by atoms with Crippen LogP contribution in [0.15, 0.2) is 71.8 Å². The third-order valence-corrected chi connectivity index (χ3v) is 7.23. The summed E-state index contributed by atoms with van der Waals surface area (Å²) in [6.07, 6.45) is 6.91. The van der Waals surface area contributed by atoms with Gasteiger partial charge in [-0.15, -0.1) is 0 Å². The first-order valence-electron chi connectivity index (χ1n) is 13.2. The second-order valence-electron chi connectivity index (χ2n) is 9.92. The average molecular weight is 497 g/mol. The Morgan fingerprint density at radius 1 is 0.919 bits per heavy atom. The molecule has 37 heavy (non-hydrogen) atoms. The van der Waals surface area contributed by atoms with E-state index in [-0.39, 0.29) is 5.69 Å². The van der Waals surface area contributed by atoms with E-state index in [4.69, 9.17) is 4.74 Å². The lowest BCUT2D eigenvalue weighted by atomic mass is 10.1. The zero-order valence-corrected chi connectivity index (χ0v) is 21.0. The molecule has 3 heterocycles. The number of piperazine rings is 1. The first-order chi connectivity index (χ1) is 18.2. The molecule has 1 saturated heterocycles. The molecule has 6 rings (SSSR count). The van der Waals surface area contributed by atoms with Crippen molar-refractivity contribution < 1.29 is 4.74 Å². The van der Waals surface area contributed by atoms with E-state index in [1.807, 2.05) is 59.2 Å². The minimum Gasteiger partial charge on any atom is -0.494 e. The zero-order valence-electron chi connectivity index (χ0n) is 21.0. The third-order valence-electron chi connectivity index (χ3n) is 7.23. The van der Waals surface area contributed by atoms with Gasteiger partial charge in [0.1, 0.15) is 5.75 Å². The Hall–Kier alpha value is -3.78. The maximum Gasteiger partial charge on any atom is 0.348 e. The topological polar surface area (TPSA) is 76.4 Å². The Bertz CT molecular complexity index is 1400. The molecule has 4 aromatic rings. The van der Waals surface area contributed by atoms with Gasteiger partial charge < -0.3 is 9.64 Å². The van der Waals surface area contributed by atoms with Crippen LogP contribution in [0.4, 0.5) is 5.95 Å². The fraction of sp³-hybridized carbons (Fsp3) is 0.379. The number of benzene rings is 2. The molecular weight excluding hydrogens is 464 g/mol. The Balaban J connectivity index is 1.11. The maximum absolute atomic E-state index is 12.9. The lowest BCUT2D eigenvalue weighted by Gasteiger charge is -2.34. The number of aromatic nitrogens is 4. The number of rotatable bonds is 9. The van der Waals surface area contributed by atoms with Gasteiger partial charge in [0.25, 0.3) is 0 Å². The van der Waals surface area contributed by atoms with Gasteiger partial charge in [-0.2, -0.15) is 4.98 Å². The molecule has 8 nitrogen and oxygen atoms in total. The highest BCUT2D eigenvalue weighted by Crippen LogP contribution is 2.33. The quantitative estimate of drug-likeness (QED) is 0.326. The SMILES string of the molecule is O=c1nc(-c2ccccc2)c2cc(OCCCN3CCN(c4ncccn4)CC3)ccc2n1CC1CC1. The van der Waals surface area contributed by atoms with E-state index in [0.717, 1.165) is 79.5 Å². The van der Waals surface area contributed by atoms with Crippen LogP contribution >= 0.6 is 0 Å². The van der Waals surface area contributed by atoms with E-state index >= 15 is 0 Å². The standard InChI is InChI=1S/C29H32N6O2/c36-29-32-27(23-6-2-1-3-7-23)25-20-24(10-11-26(25)35(29)21-22-8-9-22)37-19-5-14-33-15-17-34(18-16-33)28-30-12-4-13-31-28/h1-4,6-7,10-13,20,22H,5,8-9,14-19,21H2. The van der Waals surface area contributed by atoms with Crippen LogP contribution in [-0.4, -0.2) is 63.7 Å². The van der Waals surface area contributed by atoms with Gasteiger partial charge in [-0.3, -0.25) is 9.47 Å². The lowest BCUT2D eigenvalue weighted by Crippen LogP contribution is -2.47. The molecule has 0 bridgehead atoms. The van der Waals surface area contributed by atoms with Gasteiger partial charge in [0.05, 0.1) is 17.8 Å². The van der Waals surface area contributed by atoms with Crippen LogP contribution in [-0.2, 0) is 6.54 Å². The van der Waals surface area contributed by atoms with Crippen molar-refractivity contribution in [2.45, 2.75) is 25.8 Å². The van der Waals surface area contributed by atoms with Crippen molar-refractivity contribution in [2.24, 2.45) is 5.92 Å². The maximum atomic E-state index is 12.9. The second kappa shape index (κ2) is 10.7. The van der Waals surface area contributed by atoms with Gasteiger partial charge >= 0.3 is 5.69 Å². The van der Waals surface area contributed by atoms with Crippen molar-refractivity contribution in [2.75, 3.05) is 44.2 Å². The molecule has 0 unspecified atom stereocenters. The first-order valence-corrected chi connectivity index (χ1v) is 13.2. The summed E-state index contributed by atoms with van der Waals surface area (Å²) in [5.41, 5.74) is 2.42. The molecule has 0 atom stereocenters. The van der Waals surface area contributed by atoms with E-state index in [0.29, 0.717) is 12.5 Å². The molecule has 2 fully saturated rings. The van der Waals surface area contributed by atoms with Gasteiger partial charge in [0.15, 0.2) is 0 Å². The van der Waals surface area contributed by atoms with Crippen molar-refractivity contribution in [1.29, 1.82) is 0 Å². The summed E-state index contributed by atoms with van der Waals surface area (Å²) in [7, 11) is 0. The summed E-state index contributed by atoms with van der Waals surface area (Å²) >= 11 is 0. The lowest BCUT2D eigenvalue weighted by molar-refractivity contribution is 0.224. The molecule has 8 heteroatoms. The monoisotopic (exact) mass is 496 g/mol. The van der Waals surface area contributed by atoms with Crippen LogP contribution in [0.5, 0.6) is 5.75 Å². The highest BCUT2D eigenvalue weighted by Gasteiger charge is 2.24. The molecule has 0 amide bonds. The number of fused-ring (bicyclic) bond motifs is 1. The van der Waals surface area contributed by atoms with Gasteiger partial charge in [0, 0.05) is 62.6 Å². The van der Waals surface area contributed by atoms with Crippen LogP contribution < -0.4 is 15.3 Å². The minimum absolute atomic E-state index is 0.175. The summed E-state index contributed by atoms with van der Waals surface area (Å²) in [5, 5.41) is 0.961. The summed E-state index contributed by atoms with van der Waals surface area (Å²) in [6.45, 7) is 6.25. The van der Waals surface area contributed by atoms with Gasteiger partial charge in [-0.25, -0.2) is 14.8 Å². The highest BCUT2D eigenvalue weighted by molar-refractivity contribution is 5.93. The fourth-order valence-electron chi connectivity index (χ4n) is 5.00. The predicted molar refractivity (Wildman–Crippen MR) is 145 cm³/mol. The summed E-state index contributed by atoms with van der Waals surface area (Å²) < 4.78 is 8.01. The Morgan fingerprint density at radius 2 is 1.70 bits per heavy atom. The van der Waals surface area contributed by atoms with Crippen LogP contribution in [0.3, 0.4) is 0 Å². The van der Waals surface area contributed by atoms with Gasteiger partial charge in [-0.1, -0.05) is 30.3 Å². The van der Waals surface area contributed by atoms with E-state index in [1.54, 1.807) is 12.4 Å². The van der Waals surface area contributed by atoms with E-state index in [2.05, 4.69) is 24.8 Å². The second-order valence-corrected chi connectivity index (χ2v) is 9.92. The number of hydrogen-bond acceptors (Lipinski definition) is 7. The number of anilines is 1. The molecule has 190 valence electrons. The predicted octanol–water partition coefficient (Wildman–Crippen LogP) is 3.85. The number of hydrogen-bond donors (Lipinski definition) is 0. The Kier molecular flexibility index (Phi) is 6.82. The van der Waals surface area contributed by atoms with Crippen molar-refractivity contribution >= 4 is 16.9 Å². The van der Waals surface area contributed by atoms with Crippen LogP contribution in [0.1, 0.15) is 19.3 Å². The highest BCUT2D eigenvalue weighted by atomic mass is 16.5. The third kappa shape index (κ3) is 5.49. The van der Waals surface area contributed by atoms with E-state index in [9.17, 15) is 4.79 Å². The summed E-state index contributed by atoms with van der Waals surface area (Å²) in [4.78, 5) is 30.9. The van der Waals surface area contributed by atoms with Crippen LogP contribution in [0.2, 0.25) is 0 Å².